The van der Waals surface area contributed by atoms with Crippen molar-refractivity contribution in [2.24, 2.45) is 0 Å². The molecule has 1 nitrogen and oxygen atoms in total. The van der Waals surface area contributed by atoms with E-state index in [1.807, 2.05) is 24.3 Å². The summed E-state index contributed by atoms with van der Waals surface area (Å²) in [4.78, 5) is 0. The summed E-state index contributed by atoms with van der Waals surface area (Å²) >= 11 is 9.13. The Balaban J connectivity index is 2.00. The molecule has 2 aromatic carbocycles. The molecule has 0 heterocycles. The van der Waals surface area contributed by atoms with Gasteiger partial charge >= 0.3 is 0 Å². The van der Waals surface area contributed by atoms with Crippen molar-refractivity contribution in [3.05, 3.63) is 68.9 Å². The highest BCUT2D eigenvalue weighted by Crippen LogP contribution is 2.18. The Labute approximate surface area is 125 Å². The number of rotatable bonds is 4. The van der Waals surface area contributed by atoms with Crippen LogP contribution in [0, 0.1) is 5.82 Å². The van der Waals surface area contributed by atoms with Crippen LogP contribution in [0.25, 0.3) is 0 Å². The predicted molar refractivity (Wildman–Crippen MR) is 80.8 cm³/mol. The first-order valence-corrected chi connectivity index (χ1v) is 7.16. The van der Waals surface area contributed by atoms with Crippen molar-refractivity contribution in [3.8, 4) is 0 Å². The van der Waals surface area contributed by atoms with Crippen LogP contribution in [0.1, 0.15) is 24.1 Å². The van der Waals surface area contributed by atoms with E-state index in [-0.39, 0.29) is 11.9 Å². The van der Waals surface area contributed by atoms with Crippen molar-refractivity contribution in [2.45, 2.75) is 19.5 Å². The first-order chi connectivity index (χ1) is 9.06. The molecule has 0 aliphatic heterocycles. The van der Waals surface area contributed by atoms with Crippen LogP contribution in [0.4, 0.5) is 4.39 Å². The molecule has 0 radical (unpaired) electrons. The normalized spacial score (nSPS) is 12.4. The average molecular weight is 343 g/mol. The molecule has 0 amide bonds. The fourth-order valence-electron chi connectivity index (χ4n) is 1.80. The summed E-state index contributed by atoms with van der Waals surface area (Å²) < 4.78 is 14.7. The molecule has 0 aromatic heterocycles. The smallest absolute Gasteiger partial charge is 0.129 e. The topological polar surface area (TPSA) is 12.0 Å². The van der Waals surface area contributed by atoms with Crippen LogP contribution in [0.15, 0.2) is 46.9 Å². The van der Waals surface area contributed by atoms with E-state index in [1.165, 1.54) is 6.07 Å². The van der Waals surface area contributed by atoms with Gasteiger partial charge in [-0.25, -0.2) is 4.39 Å². The van der Waals surface area contributed by atoms with Crippen molar-refractivity contribution in [1.29, 1.82) is 0 Å². The molecule has 0 saturated carbocycles. The minimum Gasteiger partial charge on any atom is -0.306 e. The highest BCUT2D eigenvalue weighted by Gasteiger charge is 2.07. The van der Waals surface area contributed by atoms with Gasteiger partial charge in [0.05, 0.1) is 0 Å². The van der Waals surface area contributed by atoms with Crippen LogP contribution in [0.2, 0.25) is 5.02 Å². The minimum absolute atomic E-state index is 0.156. The van der Waals surface area contributed by atoms with E-state index in [9.17, 15) is 4.39 Å². The monoisotopic (exact) mass is 341 g/mol. The van der Waals surface area contributed by atoms with E-state index in [0.29, 0.717) is 17.1 Å². The second kappa shape index (κ2) is 6.51. The highest BCUT2D eigenvalue weighted by molar-refractivity contribution is 9.10. The molecular weight excluding hydrogens is 329 g/mol. The summed E-state index contributed by atoms with van der Waals surface area (Å²) in [6.45, 7) is 2.53. The lowest BCUT2D eigenvalue weighted by Crippen LogP contribution is -2.18. The van der Waals surface area contributed by atoms with Crippen LogP contribution in [-0.4, -0.2) is 0 Å². The van der Waals surface area contributed by atoms with Crippen LogP contribution in [-0.2, 0) is 6.54 Å². The van der Waals surface area contributed by atoms with E-state index < -0.39 is 0 Å². The minimum atomic E-state index is -0.275. The Morgan fingerprint density at radius 1 is 1.21 bits per heavy atom. The Kier molecular flexibility index (Phi) is 4.97. The quantitative estimate of drug-likeness (QED) is 0.816. The van der Waals surface area contributed by atoms with Gasteiger partial charge in [-0.3, -0.25) is 0 Å². The fourth-order valence-corrected chi connectivity index (χ4v) is 2.22. The van der Waals surface area contributed by atoms with E-state index in [0.717, 1.165) is 10.0 Å². The molecule has 19 heavy (non-hydrogen) atoms. The molecule has 2 rings (SSSR count). The Hall–Kier alpha value is -0.900. The summed E-state index contributed by atoms with van der Waals surface area (Å²) in [7, 11) is 0. The van der Waals surface area contributed by atoms with Crippen molar-refractivity contribution in [3.63, 3.8) is 0 Å². The molecule has 1 N–H and O–H groups in total. The zero-order chi connectivity index (χ0) is 13.8. The first kappa shape index (κ1) is 14.5. The van der Waals surface area contributed by atoms with E-state index >= 15 is 0 Å². The number of hydrogen-bond donors (Lipinski definition) is 1. The molecular formula is C15H14BrClFN. The summed E-state index contributed by atoms with van der Waals surface area (Å²) in [5.41, 5.74) is 1.78. The zero-order valence-corrected chi connectivity index (χ0v) is 12.8. The molecule has 0 spiro atoms. The van der Waals surface area contributed by atoms with Gasteiger partial charge in [-0.05, 0) is 36.8 Å². The lowest BCUT2D eigenvalue weighted by atomic mass is 10.1. The third kappa shape index (κ3) is 4.03. The van der Waals surface area contributed by atoms with Crippen LogP contribution in [0.3, 0.4) is 0 Å². The van der Waals surface area contributed by atoms with Crippen molar-refractivity contribution in [1.82, 2.24) is 5.32 Å². The van der Waals surface area contributed by atoms with Gasteiger partial charge in [-0.2, -0.15) is 0 Å². The van der Waals surface area contributed by atoms with Gasteiger partial charge in [-0.15, -0.1) is 0 Å². The number of benzene rings is 2. The summed E-state index contributed by atoms with van der Waals surface area (Å²) in [6, 6.07) is 13.0. The number of hydrogen-bond acceptors (Lipinski definition) is 1. The van der Waals surface area contributed by atoms with Crippen molar-refractivity contribution < 1.29 is 4.39 Å². The number of halogens is 3. The maximum absolute atomic E-state index is 13.6. The van der Waals surface area contributed by atoms with Crippen LogP contribution >= 0.6 is 27.5 Å². The van der Waals surface area contributed by atoms with Gasteiger partial charge in [0.1, 0.15) is 5.82 Å². The van der Waals surface area contributed by atoms with E-state index in [4.69, 9.17) is 11.6 Å². The molecule has 0 unspecified atom stereocenters. The third-order valence-electron chi connectivity index (χ3n) is 2.98. The van der Waals surface area contributed by atoms with Gasteiger partial charge in [0.15, 0.2) is 0 Å². The summed E-state index contributed by atoms with van der Waals surface area (Å²) in [5.74, 6) is -0.275. The second-order valence-electron chi connectivity index (χ2n) is 4.39. The summed E-state index contributed by atoms with van der Waals surface area (Å²) in [5, 5.41) is 3.72. The lowest BCUT2D eigenvalue weighted by Gasteiger charge is -2.15. The SMILES string of the molecule is C[C@@H](NCc1ccc(Cl)cc1F)c1ccc(Br)cc1. The molecule has 0 fully saturated rings. The molecule has 1 atom stereocenters. The molecule has 0 aliphatic rings. The Morgan fingerprint density at radius 2 is 1.89 bits per heavy atom. The molecule has 0 saturated heterocycles. The fraction of sp³-hybridized carbons (Fsp3) is 0.200. The standard InChI is InChI=1S/C15H14BrClFN/c1-10(11-2-5-13(16)6-3-11)19-9-12-4-7-14(17)8-15(12)18/h2-8,10,19H,9H2,1H3/t10-/m1/s1. The van der Waals surface area contributed by atoms with Crippen molar-refractivity contribution >= 4 is 27.5 Å². The van der Waals surface area contributed by atoms with Crippen molar-refractivity contribution in [2.75, 3.05) is 0 Å². The van der Waals surface area contributed by atoms with Gasteiger partial charge in [-0.1, -0.05) is 45.7 Å². The average Bonchev–Trinajstić information content (AvgIpc) is 2.38. The first-order valence-electron chi connectivity index (χ1n) is 5.99. The largest absolute Gasteiger partial charge is 0.306 e. The third-order valence-corrected chi connectivity index (χ3v) is 3.75. The van der Waals surface area contributed by atoms with Crippen LogP contribution in [0.5, 0.6) is 0 Å². The second-order valence-corrected chi connectivity index (χ2v) is 5.74. The van der Waals surface area contributed by atoms with Gasteiger partial charge in [0.2, 0.25) is 0 Å². The zero-order valence-electron chi connectivity index (χ0n) is 10.5. The molecule has 0 aliphatic carbocycles. The predicted octanol–water partition coefficient (Wildman–Crippen LogP) is 5.09. The van der Waals surface area contributed by atoms with Crippen LogP contribution < -0.4 is 5.32 Å². The van der Waals surface area contributed by atoms with Gasteiger partial charge in [0.25, 0.3) is 0 Å². The molecule has 4 heteroatoms. The maximum Gasteiger partial charge on any atom is 0.129 e. The lowest BCUT2D eigenvalue weighted by molar-refractivity contribution is 0.544. The van der Waals surface area contributed by atoms with Gasteiger partial charge < -0.3 is 5.32 Å². The van der Waals surface area contributed by atoms with E-state index in [2.05, 4.69) is 28.2 Å². The molecule has 0 bridgehead atoms. The maximum atomic E-state index is 13.6. The Morgan fingerprint density at radius 3 is 2.53 bits per heavy atom. The highest BCUT2D eigenvalue weighted by atomic mass is 79.9. The Bertz CT molecular complexity index is 557. The van der Waals surface area contributed by atoms with E-state index in [1.54, 1.807) is 12.1 Å². The molecule has 2 aromatic rings. The number of nitrogens with one attached hydrogen (secondary N) is 1. The summed E-state index contributed by atoms with van der Waals surface area (Å²) in [6.07, 6.45) is 0. The van der Waals surface area contributed by atoms with Gasteiger partial charge in [0, 0.05) is 27.6 Å². The molecule has 100 valence electrons.